The number of rotatable bonds is 4. The molecule has 0 aromatic carbocycles. The molecule has 0 aromatic rings. The van der Waals surface area contributed by atoms with Crippen LogP contribution >= 0.6 is 0 Å². The lowest BCUT2D eigenvalue weighted by Gasteiger charge is -2.20. The summed E-state index contributed by atoms with van der Waals surface area (Å²) < 4.78 is 22.3. The van der Waals surface area contributed by atoms with E-state index in [1.807, 2.05) is 7.05 Å². The van der Waals surface area contributed by atoms with E-state index in [-0.39, 0.29) is 0 Å². The maximum absolute atomic E-state index is 11.1. The first-order valence-corrected chi connectivity index (χ1v) is 6.96. The number of likely N-dealkylation sites (N-methyl/N-ethyl adjacent to an activating group) is 1. The van der Waals surface area contributed by atoms with Crippen molar-refractivity contribution >= 4 is 9.84 Å². The zero-order valence-corrected chi connectivity index (χ0v) is 9.52. The SMILES string of the molecule is CNC/C=C\CC1CCS(=O)(=O)CC1. The summed E-state index contributed by atoms with van der Waals surface area (Å²) in [4.78, 5) is 0. The highest BCUT2D eigenvalue weighted by atomic mass is 32.2. The van der Waals surface area contributed by atoms with Crippen LogP contribution in [0.1, 0.15) is 19.3 Å². The van der Waals surface area contributed by atoms with E-state index in [1.165, 1.54) is 0 Å². The smallest absolute Gasteiger partial charge is 0.150 e. The molecular formula is C10H19NO2S. The Kier molecular flexibility index (Phi) is 4.62. The zero-order valence-electron chi connectivity index (χ0n) is 8.70. The Balaban J connectivity index is 2.22. The first-order chi connectivity index (χ1) is 6.64. The van der Waals surface area contributed by atoms with Crippen molar-refractivity contribution < 1.29 is 8.42 Å². The van der Waals surface area contributed by atoms with Crippen molar-refractivity contribution in [2.75, 3.05) is 25.1 Å². The predicted octanol–water partition coefficient (Wildman–Crippen LogP) is 0.977. The van der Waals surface area contributed by atoms with Crippen molar-refractivity contribution in [3.05, 3.63) is 12.2 Å². The van der Waals surface area contributed by atoms with Gasteiger partial charge in [-0.25, -0.2) is 8.42 Å². The molecule has 1 N–H and O–H groups in total. The minimum absolute atomic E-state index is 0.386. The largest absolute Gasteiger partial charge is 0.316 e. The molecule has 1 heterocycles. The zero-order chi connectivity index (χ0) is 10.4. The van der Waals surface area contributed by atoms with Crippen LogP contribution in [0.5, 0.6) is 0 Å². The summed E-state index contributed by atoms with van der Waals surface area (Å²) in [7, 11) is -0.773. The molecule has 0 unspecified atom stereocenters. The molecule has 0 amide bonds. The number of hydrogen-bond acceptors (Lipinski definition) is 3. The summed E-state index contributed by atoms with van der Waals surface area (Å²) in [6, 6.07) is 0. The number of sulfone groups is 1. The highest BCUT2D eigenvalue weighted by Gasteiger charge is 2.22. The van der Waals surface area contributed by atoms with Crippen LogP contribution in [0.2, 0.25) is 0 Å². The van der Waals surface area contributed by atoms with Gasteiger partial charge in [-0.2, -0.15) is 0 Å². The lowest BCUT2D eigenvalue weighted by atomic mass is 9.99. The van der Waals surface area contributed by atoms with E-state index in [4.69, 9.17) is 0 Å². The Morgan fingerprint density at radius 3 is 2.50 bits per heavy atom. The highest BCUT2D eigenvalue weighted by molar-refractivity contribution is 7.91. The van der Waals surface area contributed by atoms with E-state index >= 15 is 0 Å². The molecule has 3 nitrogen and oxygen atoms in total. The summed E-state index contributed by atoms with van der Waals surface area (Å²) in [6.45, 7) is 0.894. The summed E-state index contributed by atoms with van der Waals surface area (Å²) in [5.74, 6) is 1.35. The van der Waals surface area contributed by atoms with Gasteiger partial charge in [0.2, 0.25) is 0 Å². The van der Waals surface area contributed by atoms with Gasteiger partial charge < -0.3 is 5.32 Å². The first-order valence-electron chi connectivity index (χ1n) is 5.14. The fraction of sp³-hybridized carbons (Fsp3) is 0.800. The van der Waals surface area contributed by atoms with Crippen LogP contribution in [0.15, 0.2) is 12.2 Å². The van der Waals surface area contributed by atoms with E-state index in [0.717, 1.165) is 25.8 Å². The van der Waals surface area contributed by atoms with Gasteiger partial charge in [-0.3, -0.25) is 0 Å². The Morgan fingerprint density at radius 1 is 1.29 bits per heavy atom. The van der Waals surface area contributed by atoms with Crippen molar-refractivity contribution in [1.29, 1.82) is 0 Å². The van der Waals surface area contributed by atoms with Crippen molar-refractivity contribution in [1.82, 2.24) is 5.32 Å². The summed E-state index contributed by atoms with van der Waals surface area (Å²) in [6.07, 6.45) is 6.96. The molecule has 1 saturated heterocycles. The van der Waals surface area contributed by atoms with Gasteiger partial charge in [0.05, 0.1) is 11.5 Å². The Hall–Kier alpha value is -0.350. The lowest BCUT2D eigenvalue weighted by molar-refractivity contribution is 0.469. The summed E-state index contributed by atoms with van der Waals surface area (Å²) in [5.41, 5.74) is 0. The van der Waals surface area contributed by atoms with Gasteiger partial charge in [-0.05, 0) is 32.2 Å². The van der Waals surface area contributed by atoms with Crippen LogP contribution in [0, 0.1) is 5.92 Å². The molecular weight excluding hydrogens is 198 g/mol. The molecule has 1 aliphatic rings. The normalized spacial score (nSPS) is 22.9. The Morgan fingerprint density at radius 2 is 1.93 bits per heavy atom. The van der Waals surface area contributed by atoms with Crippen molar-refractivity contribution in [3.8, 4) is 0 Å². The third-order valence-electron chi connectivity index (χ3n) is 2.63. The molecule has 0 atom stereocenters. The van der Waals surface area contributed by atoms with Gasteiger partial charge in [-0.1, -0.05) is 12.2 Å². The van der Waals surface area contributed by atoms with Crippen molar-refractivity contribution in [2.45, 2.75) is 19.3 Å². The maximum atomic E-state index is 11.1. The van der Waals surface area contributed by atoms with E-state index in [1.54, 1.807) is 0 Å². The highest BCUT2D eigenvalue weighted by Crippen LogP contribution is 2.21. The third-order valence-corrected chi connectivity index (χ3v) is 4.35. The maximum Gasteiger partial charge on any atom is 0.150 e. The average Bonchev–Trinajstić information content (AvgIpc) is 2.15. The summed E-state index contributed by atoms with van der Waals surface area (Å²) in [5, 5.41) is 3.04. The van der Waals surface area contributed by atoms with Crippen LogP contribution in [-0.4, -0.2) is 33.5 Å². The fourth-order valence-corrected chi connectivity index (χ4v) is 3.25. The number of hydrogen-bond donors (Lipinski definition) is 1. The number of nitrogens with one attached hydrogen (secondary N) is 1. The molecule has 0 bridgehead atoms. The summed E-state index contributed by atoms with van der Waals surface area (Å²) >= 11 is 0. The van der Waals surface area contributed by atoms with E-state index < -0.39 is 9.84 Å². The molecule has 82 valence electrons. The van der Waals surface area contributed by atoms with Gasteiger partial charge in [0.1, 0.15) is 9.84 Å². The van der Waals surface area contributed by atoms with E-state index in [9.17, 15) is 8.42 Å². The van der Waals surface area contributed by atoms with Crippen molar-refractivity contribution in [3.63, 3.8) is 0 Å². The molecule has 14 heavy (non-hydrogen) atoms. The van der Waals surface area contributed by atoms with E-state index in [2.05, 4.69) is 17.5 Å². The van der Waals surface area contributed by atoms with E-state index in [0.29, 0.717) is 17.4 Å². The second kappa shape index (κ2) is 5.51. The van der Waals surface area contributed by atoms with Crippen LogP contribution in [0.3, 0.4) is 0 Å². The van der Waals surface area contributed by atoms with Crippen LogP contribution < -0.4 is 5.32 Å². The monoisotopic (exact) mass is 217 g/mol. The van der Waals surface area contributed by atoms with Crippen molar-refractivity contribution in [2.24, 2.45) is 5.92 Å². The second-order valence-electron chi connectivity index (χ2n) is 3.86. The van der Waals surface area contributed by atoms with Crippen LogP contribution in [0.25, 0.3) is 0 Å². The van der Waals surface area contributed by atoms with Gasteiger partial charge in [0.25, 0.3) is 0 Å². The van der Waals surface area contributed by atoms with Gasteiger partial charge in [-0.15, -0.1) is 0 Å². The minimum Gasteiger partial charge on any atom is -0.316 e. The Labute approximate surface area is 86.5 Å². The topological polar surface area (TPSA) is 46.2 Å². The molecule has 0 radical (unpaired) electrons. The standard InChI is InChI=1S/C10H19NO2S/c1-11-7-3-2-4-10-5-8-14(12,13)9-6-10/h2-3,10-11H,4-9H2,1H3/b3-2-. The van der Waals surface area contributed by atoms with Crippen LogP contribution in [-0.2, 0) is 9.84 Å². The molecule has 1 rings (SSSR count). The van der Waals surface area contributed by atoms with Gasteiger partial charge in [0.15, 0.2) is 0 Å². The molecule has 1 fully saturated rings. The van der Waals surface area contributed by atoms with Gasteiger partial charge >= 0.3 is 0 Å². The van der Waals surface area contributed by atoms with Crippen LogP contribution in [0.4, 0.5) is 0 Å². The molecule has 1 aliphatic heterocycles. The third kappa shape index (κ3) is 4.24. The lowest BCUT2D eigenvalue weighted by Crippen LogP contribution is -2.22. The van der Waals surface area contributed by atoms with Gasteiger partial charge in [0, 0.05) is 6.54 Å². The predicted molar refractivity (Wildman–Crippen MR) is 59.1 cm³/mol. The molecule has 0 aliphatic carbocycles. The Bertz CT molecular complexity index is 268. The molecule has 0 spiro atoms. The average molecular weight is 217 g/mol. The quantitative estimate of drug-likeness (QED) is 0.714. The molecule has 0 aromatic heterocycles. The fourth-order valence-electron chi connectivity index (χ4n) is 1.66. The molecule has 4 heteroatoms. The molecule has 0 saturated carbocycles. The second-order valence-corrected chi connectivity index (χ2v) is 6.16. The first kappa shape index (κ1) is 11.7. The minimum atomic E-state index is -2.69. The number of allylic oxidation sites excluding steroid dienone is 1.